The number of benzene rings is 1. The average Bonchev–Trinajstić information content (AvgIpc) is 2.26. The standard InChI is InChI=1S/C11H4ClF3N2/c12-9-3-6-1-2-7(5-16)17-10(6)4-8(9)11(13,14)15/h1-4H. The van der Waals surface area contributed by atoms with Gasteiger partial charge in [-0.2, -0.15) is 18.4 Å². The lowest BCUT2D eigenvalue weighted by Crippen LogP contribution is -2.06. The zero-order chi connectivity index (χ0) is 12.6. The van der Waals surface area contributed by atoms with Gasteiger partial charge in [0.1, 0.15) is 11.8 Å². The summed E-state index contributed by atoms with van der Waals surface area (Å²) in [5, 5.41) is 8.70. The number of hydrogen-bond donors (Lipinski definition) is 0. The summed E-state index contributed by atoms with van der Waals surface area (Å²) in [6.07, 6.45) is -4.53. The highest BCUT2D eigenvalue weighted by molar-refractivity contribution is 6.32. The predicted molar refractivity (Wildman–Crippen MR) is 56.5 cm³/mol. The molecule has 0 spiro atoms. The fourth-order valence-corrected chi connectivity index (χ4v) is 1.70. The number of pyridine rings is 1. The van der Waals surface area contributed by atoms with E-state index in [1.165, 1.54) is 18.2 Å². The summed E-state index contributed by atoms with van der Waals surface area (Å²) >= 11 is 5.55. The van der Waals surface area contributed by atoms with E-state index in [1.54, 1.807) is 6.07 Å². The molecule has 0 aliphatic carbocycles. The number of nitrogens with zero attached hydrogens (tertiary/aromatic N) is 2. The zero-order valence-corrected chi connectivity index (χ0v) is 8.97. The average molecular weight is 257 g/mol. The summed E-state index contributed by atoms with van der Waals surface area (Å²) in [5.41, 5.74) is -0.789. The van der Waals surface area contributed by atoms with E-state index in [-0.39, 0.29) is 16.2 Å². The van der Waals surface area contributed by atoms with Crippen molar-refractivity contribution in [3.63, 3.8) is 0 Å². The topological polar surface area (TPSA) is 36.7 Å². The molecule has 1 aromatic carbocycles. The van der Waals surface area contributed by atoms with Crippen LogP contribution in [0.3, 0.4) is 0 Å². The molecule has 2 aromatic rings. The van der Waals surface area contributed by atoms with Crippen molar-refractivity contribution in [2.75, 3.05) is 0 Å². The fourth-order valence-electron chi connectivity index (χ4n) is 1.42. The molecule has 0 amide bonds. The van der Waals surface area contributed by atoms with Crippen LogP contribution < -0.4 is 0 Å². The van der Waals surface area contributed by atoms with Gasteiger partial charge in [-0.1, -0.05) is 11.6 Å². The molecule has 0 saturated heterocycles. The molecule has 17 heavy (non-hydrogen) atoms. The van der Waals surface area contributed by atoms with Gasteiger partial charge < -0.3 is 0 Å². The molecule has 0 aliphatic heterocycles. The van der Waals surface area contributed by atoms with Crippen LogP contribution in [0.1, 0.15) is 11.3 Å². The molecule has 0 saturated carbocycles. The zero-order valence-electron chi connectivity index (χ0n) is 8.22. The van der Waals surface area contributed by atoms with Crippen LogP contribution in [0.2, 0.25) is 5.02 Å². The van der Waals surface area contributed by atoms with E-state index >= 15 is 0 Å². The van der Waals surface area contributed by atoms with E-state index in [9.17, 15) is 13.2 Å². The predicted octanol–water partition coefficient (Wildman–Crippen LogP) is 3.78. The molecule has 0 aliphatic rings. The Labute approximate surface area is 99.3 Å². The molecular weight excluding hydrogens is 253 g/mol. The van der Waals surface area contributed by atoms with Gasteiger partial charge in [0.15, 0.2) is 0 Å². The SMILES string of the molecule is N#Cc1ccc2cc(Cl)c(C(F)(F)F)cc2n1. The number of halogens is 4. The van der Waals surface area contributed by atoms with E-state index in [0.29, 0.717) is 5.39 Å². The molecule has 6 heteroatoms. The monoisotopic (exact) mass is 256 g/mol. The normalized spacial score (nSPS) is 11.5. The number of alkyl halides is 3. The van der Waals surface area contributed by atoms with Gasteiger partial charge in [0, 0.05) is 5.39 Å². The number of fused-ring (bicyclic) bond motifs is 1. The van der Waals surface area contributed by atoms with Crippen molar-refractivity contribution in [2.24, 2.45) is 0 Å². The molecule has 0 N–H and O–H groups in total. The molecular formula is C11H4ClF3N2. The highest BCUT2D eigenvalue weighted by atomic mass is 35.5. The second-order valence-electron chi connectivity index (χ2n) is 3.33. The molecule has 2 rings (SSSR count). The molecule has 0 fully saturated rings. The van der Waals surface area contributed by atoms with Crippen molar-refractivity contribution in [3.8, 4) is 6.07 Å². The summed E-state index contributed by atoms with van der Waals surface area (Å²) in [5.74, 6) is 0. The third kappa shape index (κ3) is 2.17. The summed E-state index contributed by atoms with van der Waals surface area (Å²) in [6.45, 7) is 0. The Hall–Kier alpha value is -1.80. The van der Waals surface area contributed by atoms with Crippen molar-refractivity contribution in [2.45, 2.75) is 6.18 Å². The molecule has 2 nitrogen and oxygen atoms in total. The third-order valence-electron chi connectivity index (χ3n) is 2.20. The lowest BCUT2D eigenvalue weighted by atomic mass is 10.1. The van der Waals surface area contributed by atoms with E-state index in [0.717, 1.165) is 6.07 Å². The van der Waals surface area contributed by atoms with Crippen molar-refractivity contribution in [1.29, 1.82) is 5.26 Å². The highest BCUT2D eigenvalue weighted by Gasteiger charge is 2.33. The summed E-state index contributed by atoms with van der Waals surface area (Å²) in [7, 11) is 0. The maximum atomic E-state index is 12.6. The van der Waals surface area contributed by atoms with Crippen molar-refractivity contribution < 1.29 is 13.2 Å². The minimum atomic E-state index is -4.53. The van der Waals surface area contributed by atoms with Crippen molar-refractivity contribution in [3.05, 3.63) is 40.5 Å². The smallest absolute Gasteiger partial charge is 0.237 e. The van der Waals surface area contributed by atoms with Crippen LogP contribution in [-0.4, -0.2) is 4.98 Å². The molecule has 1 aromatic heterocycles. The lowest BCUT2D eigenvalue weighted by Gasteiger charge is -2.09. The van der Waals surface area contributed by atoms with Gasteiger partial charge in [0.2, 0.25) is 0 Å². The van der Waals surface area contributed by atoms with Crippen LogP contribution in [0.5, 0.6) is 0 Å². The molecule has 0 bridgehead atoms. The van der Waals surface area contributed by atoms with E-state index in [4.69, 9.17) is 16.9 Å². The summed E-state index contributed by atoms with van der Waals surface area (Å²) in [4.78, 5) is 3.79. The lowest BCUT2D eigenvalue weighted by molar-refractivity contribution is -0.137. The van der Waals surface area contributed by atoms with E-state index < -0.39 is 11.7 Å². The largest absolute Gasteiger partial charge is 0.417 e. The van der Waals surface area contributed by atoms with Crippen LogP contribution in [0, 0.1) is 11.3 Å². The first-order chi connectivity index (χ1) is 7.91. The first-order valence-electron chi connectivity index (χ1n) is 4.49. The third-order valence-corrected chi connectivity index (χ3v) is 2.51. The minimum Gasteiger partial charge on any atom is -0.237 e. The minimum absolute atomic E-state index is 0.0629. The van der Waals surface area contributed by atoms with Crippen LogP contribution in [0.25, 0.3) is 10.9 Å². The van der Waals surface area contributed by atoms with Crippen LogP contribution in [0.4, 0.5) is 13.2 Å². The molecule has 86 valence electrons. The van der Waals surface area contributed by atoms with Gasteiger partial charge in [-0.25, -0.2) is 4.98 Å². The van der Waals surface area contributed by atoms with Crippen molar-refractivity contribution in [1.82, 2.24) is 4.98 Å². The first kappa shape index (κ1) is 11.7. The van der Waals surface area contributed by atoms with Gasteiger partial charge in [0.25, 0.3) is 0 Å². The van der Waals surface area contributed by atoms with Crippen molar-refractivity contribution >= 4 is 22.5 Å². The van der Waals surface area contributed by atoms with Crippen LogP contribution >= 0.6 is 11.6 Å². The Bertz CT molecular complexity index is 629. The number of hydrogen-bond acceptors (Lipinski definition) is 2. The van der Waals surface area contributed by atoms with Gasteiger partial charge in [0.05, 0.1) is 16.1 Å². The molecule has 0 unspecified atom stereocenters. The first-order valence-corrected chi connectivity index (χ1v) is 4.87. The molecule has 0 radical (unpaired) electrons. The second kappa shape index (κ2) is 3.90. The molecule has 0 atom stereocenters. The van der Waals surface area contributed by atoms with Gasteiger partial charge >= 0.3 is 6.18 Å². The van der Waals surface area contributed by atoms with Crippen LogP contribution in [0.15, 0.2) is 24.3 Å². The molecule has 1 heterocycles. The van der Waals surface area contributed by atoms with E-state index in [2.05, 4.69) is 4.98 Å². The van der Waals surface area contributed by atoms with Crippen LogP contribution in [-0.2, 0) is 6.18 Å². The van der Waals surface area contributed by atoms with Gasteiger partial charge in [-0.15, -0.1) is 0 Å². The second-order valence-corrected chi connectivity index (χ2v) is 3.74. The maximum absolute atomic E-state index is 12.6. The van der Waals surface area contributed by atoms with E-state index in [1.807, 2.05) is 0 Å². The summed E-state index contributed by atoms with van der Waals surface area (Å²) < 4.78 is 37.7. The Morgan fingerprint density at radius 2 is 1.94 bits per heavy atom. The highest BCUT2D eigenvalue weighted by Crippen LogP contribution is 2.36. The Morgan fingerprint density at radius 1 is 1.24 bits per heavy atom. The van der Waals surface area contributed by atoms with Gasteiger partial charge in [-0.05, 0) is 24.3 Å². The quantitative estimate of drug-likeness (QED) is 0.719. The fraction of sp³-hybridized carbons (Fsp3) is 0.0909. The summed E-state index contributed by atoms with van der Waals surface area (Å²) in [6, 6.07) is 6.73. The Balaban J connectivity index is 2.74. The Morgan fingerprint density at radius 3 is 2.53 bits per heavy atom. The number of aromatic nitrogens is 1. The number of rotatable bonds is 0. The number of nitriles is 1. The Kier molecular flexibility index (Phi) is 2.68. The van der Waals surface area contributed by atoms with Gasteiger partial charge in [-0.3, -0.25) is 0 Å². The maximum Gasteiger partial charge on any atom is 0.417 e.